The van der Waals surface area contributed by atoms with Crippen molar-refractivity contribution in [2.24, 2.45) is 5.73 Å². The van der Waals surface area contributed by atoms with Crippen LogP contribution in [0.25, 0.3) is 10.9 Å². The maximum Gasteiger partial charge on any atom is 0.340 e. The molecule has 2 aliphatic rings. The fourth-order valence-electron chi connectivity index (χ4n) is 4.85. The van der Waals surface area contributed by atoms with E-state index in [4.69, 9.17) is 15.2 Å². The van der Waals surface area contributed by atoms with Gasteiger partial charge in [-0.1, -0.05) is 42.0 Å². The standard InChI is InChI=1S/C25H24N2O4/c1-3-30-25(29)20-18(16-9-4-7-14(2)13-16)19-22(31-23(20)26)17-11-5-8-15-10-6-12-27(21(15)17)24(19)28/h4-5,7-9,11,13,18H,3,6,10,12,26H2,1-2H3. The molecule has 0 amide bonds. The minimum atomic E-state index is -0.658. The van der Waals surface area contributed by atoms with Crippen LogP contribution in [-0.2, 0) is 22.5 Å². The van der Waals surface area contributed by atoms with Gasteiger partial charge in [0.05, 0.1) is 23.6 Å². The predicted molar refractivity (Wildman–Crippen MR) is 118 cm³/mol. The zero-order valence-corrected chi connectivity index (χ0v) is 17.6. The highest BCUT2D eigenvalue weighted by Gasteiger charge is 2.39. The highest BCUT2D eigenvalue weighted by molar-refractivity contribution is 5.96. The largest absolute Gasteiger partial charge is 0.462 e. The molecule has 0 radical (unpaired) electrons. The minimum Gasteiger partial charge on any atom is -0.462 e. The first-order valence-corrected chi connectivity index (χ1v) is 10.6. The summed E-state index contributed by atoms with van der Waals surface area (Å²) in [4.78, 5) is 26.7. The van der Waals surface area contributed by atoms with Crippen LogP contribution in [0.5, 0.6) is 5.75 Å². The van der Waals surface area contributed by atoms with Crippen LogP contribution in [0.4, 0.5) is 0 Å². The van der Waals surface area contributed by atoms with Gasteiger partial charge in [-0.3, -0.25) is 4.79 Å². The van der Waals surface area contributed by atoms with Crippen molar-refractivity contribution < 1.29 is 14.3 Å². The number of benzene rings is 2. The Balaban J connectivity index is 1.87. The number of hydrogen-bond donors (Lipinski definition) is 1. The van der Waals surface area contributed by atoms with Crippen molar-refractivity contribution in [3.63, 3.8) is 0 Å². The molecule has 0 fully saturated rings. The Morgan fingerprint density at radius 1 is 1.26 bits per heavy atom. The number of carbonyl (C=O) groups is 1. The van der Waals surface area contributed by atoms with Crippen LogP contribution in [0.3, 0.4) is 0 Å². The van der Waals surface area contributed by atoms with Crippen molar-refractivity contribution in [3.8, 4) is 5.75 Å². The smallest absolute Gasteiger partial charge is 0.340 e. The third-order valence-electron chi connectivity index (χ3n) is 6.11. The molecule has 31 heavy (non-hydrogen) atoms. The Hall–Kier alpha value is -3.54. The monoisotopic (exact) mass is 416 g/mol. The summed E-state index contributed by atoms with van der Waals surface area (Å²) < 4.78 is 13.1. The first-order valence-electron chi connectivity index (χ1n) is 10.6. The number of esters is 1. The number of para-hydroxylation sites is 1. The summed E-state index contributed by atoms with van der Waals surface area (Å²) >= 11 is 0. The fraction of sp³-hybridized carbons (Fsp3) is 0.280. The number of rotatable bonds is 3. The topological polar surface area (TPSA) is 83.6 Å². The lowest BCUT2D eigenvalue weighted by Crippen LogP contribution is -2.35. The molecule has 3 heterocycles. The Morgan fingerprint density at radius 2 is 2.06 bits per heavy atom. The van der Waals surface area contributed by atoms with E-state index in [2.05, 4.69) is 0 Å². The first-order chi connectivity index (χ1) is 15.0. The van der Waals surface area contributed by atoms with Gasteiger partial charge >= 0.3 is 5.97 Å². The number of nitrogens with zero attached hydrogens (tertiary/aromatic N) is 1. The summed E-state index contributed by atoms with van der Waals surface area (Å²) in [6.45, 7) is 4.55. The van der Waals surface area contributed by atoms with Gasteiger partial charge in [0, 0.05) is 11.9 Å². The number of hydrogen-bond acceptors (Lipinski definition) is 5. The number of carbonyl (C=O) groups excluding carboxylic acids is 1. The molecule has 1 aromatic heterocycles. The minimum absolute atomic E-state index is 0.0154. The van der Waals surface area contributed by atoms with Crippen LogP contribution >= 0.6 is 0 Å². The van der Waals surface area contributed by atoms with Crippen LogP contribution in [0, 0.1) is 6.92 Å². The third-order valence-corrected chi connectivity index (χ3v) is 6.11. The van der Waals surface area contributed by atoms with Crippen LogP contribution < -0.4 is 16.0 Å². The Morgan fingerprint density at radius 3 is 2.84 bits per heavy atom. The van der Waals surface area contributed by atoms with Crippen molar-refractivity contribution in [2.45, 2.75) is 39.2 Å². The molecule has 1 unspecified atom stereocenters. The average molecular weight is 416 g/mol. The lowest BCUT2D eigenvalue weighted by Gasteiger charge is -2.31. The van der Waals surface area contributed by atoms with Gasteiger partial charge in [-0.25, -0.2) is 4.79 Å². The SMILES string of the molecule is CCOC(=O)C1=C(N)Oc2c(c(=O)n3c4c(cccc24)CCC3)C1c1cccc(C)c1. The number of nitrogens with two attached hydrogens (primary N) is 1. The molecule has 5 rings (SSSR count). The van der Waals surface area contributed by atoms with Crippen molar-refractivity contribution in [3.05, 3.63) is 86.5 Å². The Bertz CT molecular complexity index is 1320. The quantitative estimate of drug-likeness (QED) is 0.661. The average Bonchev–Trinajstić information content (AvgIpc) is 2.76. The van der Waals surface area contributed by atoms with E-state index in [-0.39, 0.29) is 23.6 Å². The molecule has 2 aromatic carbocycles. The zero-order valence-electron chi connectivity index (χ0n) is 17.6. The van der Waals surface area contributed by atoms with E-state index < -0.39 is 11.9 Å². The van der Waals surface area contributed by atoms with Gasteiger partial charge in [-0.15, -0.1) is 0 Å². The van der Waals surface area contributed by atoms with Crippen LogP contribution in [0.1, 0.15) is 41.5 Å². The van der Waals surface area contributed by atoms with E-state index in [0.717, 1.165) is 40.4 Å². The molecule has 0 saturated carbocycles. The lowest BCUT2D eigenvalue weighted by atomic mass is 9.82. The fourth-order valence-corrected chi connectivity index (χ4v) is 4.85. The second kappa shape index (κ2) is 7.30. The first kappa shape index (κ1) is 19.4. The molecular formula is C25H24N2O4. The van der Waals surface area contributed by atoms with Crippen molar-refractivity contribution in [1.82, 2.24) is 4.57 Å². The molecule has 158 valence electrons. The highest BCUT2D eigenvalue weighted by atomic mass is 16.5. The van der Waals surface area contributed by atoms with Crippen molar-refractivity contribution in [2.75, 3.05) is 6.61 Å². The molecule has 2 aliphatic heterocycles. The molecule has 6 heteroatoms. The lowest BCUT2D eigenvalue weighted by molar-refractivity contribution is -0.139. The van der Waals surface area contributed by atoms with Crippen molar-refractivity contribution in [1.29, 1.82) is 0 Å². The maximum absolute atomic E-state index is 13.8. The third kappa shape index (κ3) is 2.93. The molecule has 0 saturated heterocycles. The van der Waals surface area contributed by atoms with E-state index in [1.807, 2.05) is 54.0 Å². The number of ether oxygens (including phenoxy) is 2. The summed E-state index contributed by atoms with van der Waals surface area (Å²) in [5.74, 6) is -0.798. The Labute approximate surface area is 179 Å². The van der Waals surface area contributed by atoms with Gasteiger partial charge in [-0.2, -0.15) is 0 Å². The molecular weight excluding hydrogens is 392 g/mol. The summed E-state index contributed by atoms with van der Waals surface area (Å²) in [5.41, 5.74) is 10.6. The molecule has 0 aliphatic carbocycles. The van der Waals surface area contributed by atoms with Crippen LogP contribution in [0.2, 0.25) is 0 Å². The molecule has 1 atom stereocenters. The van der Waals surface area contributed by atoms with Gasteiger partial charge in [0.1, 0.15) is 11.3 Å². The van der Waals surface area contributed by atoms with Crippen LogP contribution in [-0.4, -0.2) is 17.1 Å². The molecule has 6 nitrogen and oxygen atoms in total. The van der Waals surface area contributed by atoms with Gasteiger partial charge in [0.2, 0.25) is 5.88 Å². The number of aryl methyl sites for hydroxylation is 3. The van der Waals surface area contributed by atoms with E-state index in [9.17, 15) is 9.59 Å². The second-order valence-electron chi connectivity index (χ2n) is 8.06. The van der Waals surface area contributed by atoms with Gasteiger partial charge < -0.3 is 19.8 Å². The molecule has 3 aromatic rings. The maximum atomic E-state index is 13.8. The van der Waals surface area contributed by atoms with Crippen molar-refractivity contribution >= 4 is 16.9 Å². The number of fused-ring (bicyclic) bond motifs is 2. The van der Waals surface area contributed by atoms with E-state index in [1.165, 1.54) is 0 Å². The predicted octanol–water partition coefficient (Wildman–Crippen LogP) is 3.51. The molecule has 2 N–H and O–H groups in total. The van der Waals surface area contributed by atoms with E-state index in [0.29, 0.717) is 17.9 Å². The molecule has 0 bridgehead atoms. The van der Waals surface area contributed by atoms with Gasteiger partial charge in [0.25, 0.3) is 5.56 Å². The summed E-state index contributed by atoms with van der Waals surface area (Å²) in [5, 5.41) is 0.843. The molecule has 0 spiro atoms. The normalized spacial score (nSPS) is 17.3. The highest BCUT2D eigenvalue weighted by Crippen LogP contribution is 2.45. The number of aromatic nitrogens is 1. The van der Waals surface area contributed by atoms with E-state index in [1.54, 1.807) is 6.92 Å². The number of pyridine rings is 1. The van der Waals surface area contributed by atoms with Crippen LogP contribution in [0.15, 0.2) is 58.7 Å². The van der Waals surface area contributed by atoms with E-state index >= 15 is 0 Å². The second-order valence-corrected chi connectivity index (χ2v) is 8.06. The zero-order chi connectivity index (χ0) is 21.7. The summed E-state index contributed by atoms with van der Waals surface area (Å²) in [7, 11) is 0. The Kier molecular flexibility index (Phi) is 4.58. The summed E-state index contributed by atoms with van der Waals surface area (Å²) in [6.07, 6.45) is 1.81. The van der Waals surface area contributed by atoms with Gasteiger partial charge in [0.15, 0.2) is 0 Å². The van der Waals surface area contributed by atoms with Gasteiger partial charge in [-0.05, 0) is 43.9 Å². The summed E-state index contributed by atoms with van der Waals surface area (Å²) in [6, 6.07) is 13.8.